The third-order valence-corrected chi connectivity index (χ3v) is 5.10. The van der Waals surface area contributed by atoms with Crippen molar-refractivity contribution in [3.63, 3.8) is 0 Å². The van der Waals surface area contributed by atoms with E-state index in [-0.39, 0.29) is 29.4 Å². The molecule has 3 rings (SSSR count). The highest BCUT2D eigenvalue weighted by Crippen LogP contribution is 2.21. The molecule has 0 spiro atoms. The summed E-state index contributed by atoms with van der Waals surface area (Å²) in [4.78, 5) is 44.4. The van der Waals surface area contributed by atoms with Gasteiger partial charge < -0.3 is 9.88 Å². The molecule has 0 radical (unpaired) electrons. The Bertz CT molecular complexity index is 907. The first-order chi connectivity index (χ1) is 13.3. The SMILES string of the molecule is CC(C)[C@H]1CN(C(=O)c2cc(=O)[nH]c(=O)[nH]2)CCCN1Cc1ccc(F)cc1. The number of carbonyl (C=O) groups excluding carboxylic acids is 1. The third kappa shape index (κ3) is 4.75. The number of carbonyl (C=O) groups is 1. The summed E-state index contributed by atoms with van der Waals surface area (Å²) in [5.74, 6) is -0.326. The van der Waals surface area contributed by atoms with Crippen molar-refractivity contribution in [2.24, 2.45) is 5.92 Å². The van der Waals surface area contributed by atoms with E-state index in [1.165, 1.54) is 12.1 Å². The van der Waals surface area contributed by atoms with Crippen LogP contribution < -0.4 is 11.2 Å². The first-order valence-electron chi connectivity index (χ1n) is 9.45. The van der Waals surface area contributed by atoms with E-state index in [0.717, 1.165) is 24.6 Å². The van der Waals surface area contributed by atoms with Crippen molar-refractivity contribution in [2.75, 3.05) is 19.6 Å². The van der Waals surface area contributed by atoms with Crippen LogP contribution >= 0.6 is 0 Å². The maximum atomic E-state index is 13.2. The molecule has 1 aliphatic rings. The number of hydrogen-bond donors (Lipinski definition) is 2. The van der Waals surface area contributed by atoms with Crippen molar-refractivity contribution in [1.82, 2.24) is 19.8 Å². The minimum absolute atomic E-state index is 0.00300. The Morgan fingerprint density at radius 1 is 1.18 bits per heavy atom. The summed E-state index contributed by atoms with van der Waals surface area (Å²) in [5.41, 5.74) is -0.265. The number of aromatic nitrogens is 2. The molecule has 1 aromatic carbocycles. The molecule has 1 atom stereocenters. The van der Waals surface area contributed by atoms with Crippen LogP contribution in [0.15, 0.2) is 39.9 Å². The van der Waals surface area contributed by atoms with Crippen molar-refractivity contribution in [3.05, 3.63) is 68.2 Å². The fourth-order valence-corrected chi connectivity index (χ4v) is 3.65. The molecule has 8 heteroatoms. The van der Waals surface area contributed by atoms with E-state index in [0.29, 0.717) is 19.6 Å². The summed E-state index contributed by atoms with van der Waals surface area (Å²) in [5, 5.41) is 0. The zero-order chi connectivity index (χ0) is 20.3. The molecule has 1 aliphatic heterocycles. The van der Waals surface area contributed by atoms with Gasteiger partial charge in [0.15, 0.2) is 0 Å². The van der Waals surface area contributed by atoms with E-state index in [2.05, 4.69) is 28.7 Å². The second-order valence-electron chi connectivity index (χ2n) is 7.51. The lowest BCUT2D eigenvalue weighted by atomic mass is 10.0. The lowest BCUT2D eigenvalue weighted by Gasteiger charge is -2.34. The summed E-state index contributed by atoms with van der Waals surface area (Å²) >= 11 is 0. The largest absolute Gasteiger partial charge is 0.336 e. The van der Waals surface area contributed by atoms with E-state index in [1.54, 1.807) is 17.0 Å². The first-order valence-corrected chi connectivity index (χ1v) is 9.45. The van der Waals surface area contributed by atoms with Crippen molar-refractivity contribution in [2.45, 2.75) is 32.9 Å². The van der Waals surface area contributed by atoms with Gasteiger partial charge in [0.25, 0.3) is 11.5 Å². The smallest absolute Gasteiger partial charge is 0.326 e. The second kappa shape index (κ2) is 8.52. The Morgan fingerprint density at radius 2 is 1.89 bits per heavy atom. The van der Waals surface area contributed by atoms with Gasteiger partial charge in [0.05, 0.1) is 0 Å². The molecule has 150 valence electrons. The molecule has 2 aromatic rings. The number of rotatable bonds is 4. The monoisotopic (exact) mass is 388 g/mol. The zero-order valence-corrected chi connectivity index (χ0v) is 16.1. The predicted octanol–water partition coefficient (Wildman–Crippen LogP) is 1.58. The average molecular weight is 388 g/mol. The minimum atomic E-state index is -0.691. The number of hydrogen-bond acceptors (Lipinski definition) is 4. The Balaban J connectivity index is 1.80. The van der Waals surface area contributed by atoms with Crippen LogP contribution in [0.25, 0.3) is 0 Å². The van der Waals surface area contributed by atoms with Crippen LogP contribution in [-0.2, 0) is 6.54 Å². The normalized spacial score (nSPS) is 18.3. The molecule has 0 aliphatic carbocycles. The quantitative estimate of drug-likeness (QED) is 0.832. The third-order valence-electron chi connectivity index (χ3n) is 5.10. The van der Waals surface area contributed by atoms with Gasteiger partial charge in [-0.3, -0.25) is 19.5 Å². The van der Waals surface area contributed by atoms with Gasteiger partial charge in [-0.15, -0.1) is 0 Å². The van der Waals surface area contributed by atoms with Gasteiger partial charge in [0.1, 0.15) is 11.5 Å². The fourth-order valence-electron chi connectivity index (χ4n) is 3.65. The lowest BCUT2D eigenvalue weighted by Crippen LogP contribution is -2.46. The highest BCUT2D eigenvalue weighted by Gasteiger charge is 2.30. The number of halogens is 1. The molecule has 0 unspecified atom stereocenters. The molecule has 1 fully saturated rings. The molecule has 7 nitrogen and oxygen atoms in total. The Kier molecular flexibility index (Phi) is 6.08. The lowest BCUT2D eigenvalue weighted by molar-refractivity contribution is 0.0696. The standard InChI is InChI=1S/C20H25FN4O3/c1-13(2)17-12-25(19(27)16-10-18(26)23-20(28)22-16)9-3-8-24(17)11-14-4-6-15(21)7-5-14/h4-7,10,13,17H,3,8-9,11-12H2,1-2H3,(H2,22,23,26,28)/t17-/m1/s1. The molecule has 1 saturated heterocycles. The maximum Gasteiger partial charge on any atom is 0.326 e. The Morgan fingerprint density at radius 3 is 2.54 bits per heavy atom. The van der Waals surface area contributed by atoms with Crippen LogP contribution in [0.2, 0.25) is 0 Å². The van der Waals surface area contributed by atoms with Gasteiger partial charge in [-0.25, -0.2) is 9.18 Å². The van der Waals surface area contributed by atoms with Gasteiger partial charge >= 0.3 is 5.69 Å². The topological polar surface area (TPSA) is 89.3 Å². The minimum Gasteiger partial charge on any atom is -0.336 e. The first kappa shape index (κ1) is 20.0. The zero-order valence-electron chi connectivity index (χ0n) is 16.1. The van der Waals surface area contributed by atoms with Crippen molar-refractivity contribution in [3.8, 4) is 0 Å². The van der Waals surface area contributed by atoms with Gasteiger partial charge in [0.2, 0.25) is 0 Å². The molecular formula is C20H25FN4O3. The number of aromatic amines is 2. The summed E-state index contributed by atoms with van der Waals surface area (Å²) < 4.78 is 13.2. The molecule has 1 aromatic heterocycles. The van der Waals surface area contributed by atoms with Crippen molar-refractivity contribution >= 4 is 5.91 Å². The number of amides is 1. The number of nitrogens with one attached hydrogen (secondary N) is 2. The average Bonchev–Trinajstić information content (AvgIpc) is 2.85. The predicted molar refractivity (Wildman–Crippen MR) is 104 cm³/mol. The molecule has 28 heavy (non-hydrogen) atoms. The summed E-state index contributed by atoms with van der Waals surface area (Å²) in [7, 11) is 0. The number of H-pyrrole nitrogens is 2. The van der Waals surface area contributed by atoms with Crippen molar-refractivity contribution < 1.29 is 9.18 Å². The van der Waals surface area contributed by atoms with E-state index < -0.39 is 11.2 Å². The summed E-state index contributed by atoms with van der Waals surface area (Å²) in [6.45, 7) is 6.71. The highest BCUT2D eigenvalue weighted by atomic mass is 19.1. The van der Waals surface area contributed by atoms with Crippen LogP contribution in [0.3, 0.4) is 0 Å². The van der Waals surface area contributed by atoms with Gasteiger partial charge in [0, 0.05) is 38.3 Å². The van der Waals surface area contributed by atoms with E-state index in [1.807, 2.05) is 0 Å². The molecule has 0 saturated carbocycles. The van der Waals surface area contributed by atoms with E-state index in [4.69, 9.17) is 0 Å². The number of benzene rings is 1. The van der Waals surface area contributed by atoms with Crippen LogP contribution in [0.1, 0.15) is 36.3 Å². The second-order valence-corrected chi connectivity index (χ2v) is 7.51. The molecule has 0 bridgehead atoms. The van der Waals surface area contributed by atoms with Gasteiger partial charge in [-0.05, 0) is 30.0 Å². The van der Waals surface area contributed by atoms with Crippen LogP contribution in [0, 0.1) is 11.7 Å². The fraction of sp³-hybridized carbons (Fsp3) is 0.450. The molecule has 2 heterocycles. The van der Waals surface area contributed by atoms with Gasteiger partial charge in [-0.2, -0.15) is 0 Å². The molecule has 2 N–H and O–H groups in total. The highest BCUT2D eigenvalue weighted by molar-refractivity contribution is 5.92. The van der Waals surface area contributed by atoms with Crippen LogP contribution in [-0.4, -0.2) is 51.4 Å². The van der Waals surface area contributed by atoms with E-state index in [9.17, 15) is 18.8 Å². The molecular weight excluding hydrogens is 363 g/mol. The van der Waals surface area contributed by atoms with Crippen LogP contribution in [0.4, 0.5) is 4.39 Å². The van der Waals surface area contributed by atoms with Gasteiger partial charge in [-0.1, -0.05) is 26.0 Å². The van der Waals surface area contributed by atoms with Crippen LogP contribution in [0.5, 0.6) is 0 Å². The van der Waals surface area contributed by atoms with Crippen molar-refractivity contribution in [1.29, 1.82) is 0 Å². The summed E-state index contributed by atoms with van der Waals surface area (Å²) in [6.07, 6.45) is 0.767. The maximum absolute atomic E-state index is 13.2. The number of nitrogens with zero attached hydrogens (tertiary/aromatic N) is 2. The summed E-state index contributed by atoms with van der Waals surface area (Å²) in [6, 6.07) is 7.69. The van der Waals surface area contributed by atoms with E-state index >= 15 is 0 Å². The molecule has 1 amide bonds. The Labute approximate surface area is 162 Å². The Hall–Kier alpha value is -2.74.